The largest absolute Gasteiger partial charge is 0.480 e. The van der Waals surface area contributed by atoms with E-state index in [0.717, 1.165) is 43.5 Å². The van der Waals surface area contributed by atoms with Gasteiger partial charge in [-0.1, -0.05) is 92.1 Å². The lowest BCUT2D eigenvalue weighted by atomic mass is 10.1. The van der Waals surface area contributed by atoms with Gasteiger partial charge in [0.1, 0.15) is 84.6 Å². The third kappa shape index (κ3) is 122. The van der Waals surface area contributed by atoms with E-state index in [1.807, 2.05) is 50.4 Å². The fourth-order valence-electron chi connectivity index (χ4n) is 5.72. The van der Waals surface area contributed by atoms with Crippen LogP contribution in [-0.2, 0) is 87.9 Å². The second-order valence-electron chi connectivity index (χ2n) is 27.1. The van der Waals surface area contributed by atoms with Gasteiger partial charge in [-0.2, -0.15) is 37.0 Å². The van der Waals surface area contributed by atoms with Crippen molar-refractivity contribution < 1.29 is 158 Å². The van der Waals surface area contributed by atoms with Crippen molar-refractivity contribution in [2.45, 2.75) is 224 Å². The zero-order chi connectivity index (χ0) is 103. The summed E-state index contributed by atoms with van der Waals surface area (Å²) in [6, 6.07) is -1.47. The molecule has 2 rings (SSSR count). The number of carbonyl (C=O) groups excluding carboxylic acids is 2. The summed E-state index contributed by atoms with van der Waals surface area (Å²) >= 11 is 8.90. The van der Waals surface area contributed by atoms with Gasteiger partial charge in [0.25, 0.3) is 0 Å². The number of carboxylic acids is 15. The molecule has 0 aliphatic carbocycles. The topological polar surface area (TPSA) is 1110 Å². The lowest BCUT2D eigenvalue weighted by molar-refractivity contribution is -0.140. The quantitative estimate of drug-likeness (QED) is 0.0126. The van der Waals surface area contributed by atoms with Gasteiger partial charge in [0.05, 0.1) is 19.4 Å². The normalized spacial score (nSPS) is 13.9. The predicted octanol–water partition coefficient (Wildman–Crippen LogP) is -7.15. The molecule has 1 fully saturated rings. The number of primary amides is 2. The number of thiol groups is 2. The number of hydrogen-bond donors (Lipinski definition) is 37. The standard InChI is InChI=1S/C9H11NO2.C6H14N4O2.C6H14N2O2.C6H13NO2.C5H11NO2S.C5H9NO2.3C5H11NO2.2C4H8N2O3.2C3H7NO2S.C3H7NO2.C2H5NO2/c10-8(9(11)12)6-7-4-2-1-3-5-7;7-4(5(11)12)2-1-3-10-6(8)9;7-4-2-1-3-5(8)6(9)10;1-4(2)3-5(7)6(8)9;1-9-3-2-4(6)5(7)8;7-5(8)4-2-1-3-6-4;3*1-3(2)4(6)5(7)8;2*5-2(4(8)9)1-3(6)7;2*4-2(1-7)3(5)6;1-2(4)3(5)6;3-1-2(4)5/h1-5,8H,6,10H2,(H,11,12);4H,1-3,7H2,(H,11,12)(H4,8,9,10);5H,1-4,7-8H2,(H,9,10);4-5H,3,7H2,1-2H3,(H,8,9);4H,2-3,6H2,1H3,(H,7,8);4,6H,1-3H2,(H,7,8);3*3-4H,6H2,1-2H3,(H,7,8);2*2H,1,5H2,(H2,6,7)(H,8,9);2*2,7H,1,4H2,(H,5,6);2H,4H2,1H3,(H,5,6);1,3H2,(H,4,5)/t8-;4-;2*5-;5*4-;5*2-;/m00000000000000./s1. The number of amides is 2. The Kier molecular flexibility index (Phi) is 107. The highest BCUT2D eigenvalue weighted by molar-refractivity contribution is 7.98. The summed E-state index contributed by atoms with van der Waals surface area (Å²) in [7, 11) is 0. The highest BCUT2D eigenvalue weighted by atomic mass is 32.2. The van der Waals surface area contributed by atoms with E-state index >= 15 is 0 Å². The summed E-state index contributed by atoms with van der Waals surface area (Å²) in [5.74, 6) is -14.4. The van der Waals surface area contributed by atoms with Crippen molar-refractivity contribution in [3.8, 4) is 0 Å². The third-order valence-electron chi connectivity index (χ3n) is 13.6. The lowest BCUT2D eigenvalue weighted by Crippen LogP contribution is -2.34. The minimum atomic E-state index is -1.21. The zero-order valence-electron chi connectivity index (χ0n) is 73.1. The highest BCUT2D eigenvalue weighted by Gasteiger charge is 2.22. The Hall–Kier alpha value is -10.1. The van der Waals surface area contributed by atoms with Crippen LogP contribution in [0, 0.1) is 23.7 Å². The smallest absolute Gasteiger partial charge is 0.321 e. The van der Waals surface area contributed by atoms with E-state index in [0.29, 0.717) is 57.5 Å². The molecule has 1 saturated heterocycles. The molecule has 1 heterocycles. The molecule has 0 unspecified atom stereocenters. The van der Waals surface area contributed by atoms with Gasteiger partial charge in [0.15, 0.2) is 5.96 Å². The van der Waals surface area contributed by atoms with Gasteiger partial charge < -0.3 is 191 Å². The Labute approximate surface area is 751 Å². The Bertz CT molecular complexity index is 3070. The van der Waals surface area contributed by atoms with Gasteiger partial charge in [-0.15, -0.1) is 0 Å². The van der Waals surface area contributed by atoms with Crippen LogP contribution in [0.5, 0.6) is 0 Å². The van der Waals surface area contributed by atoms with E-state index in [-0.39, 0.29) is 60.6 Å². The molecule has 0 saturated carbocycles. The van der Waals surface area contributed by atoms with Crippen LogP contribution in [0.2, 0.25) is 0 Å². The summed E-state index contributed by atoms with van der Waals surface area (Å²) < 4.78 is 0. The maximum absolute atomic E-state index is 10.4. The maximum atomic E-state index is 10.4. The molecule has 54 N–H and O–H groups in total. The maximum Gasteiger partial charge on any atom is 0.321 e. The first-order valence-corrected chi connectivity index (χ1v) is 40.4. The van der Waals surface area contributed by atoms with E-state index in [2.05, 4.69) is 52.8 Å². The molecule has 14 atom stereocenters. The number of nitrogens with zero attached hydrogens (tertiary/aromatic N) is 1. The van der Waals surface area contributed by atoms with Gasteiger partial charge >= 0.3 is 89.5 Å². The Morgan fingerprint density at radius 3 is 0.882 bits per heavy atom. The average Bonchev–Trinajstić information content (AvgIpc) is 1.76. The van der Waals surface area contributed by atoms with Crippen molar-refractivity contribution in [2.24, 2.45) is 138 Å². The van der Waals surface area contributed by atoms with Crippen LogP contribution in [0.15, 0.2) is 35.3 Å². The van der Waals surface area contributed by atoms with Crippen LogP contribution in [0.1, 0.15) is 139 Å². The van der Waals surface area contributed by atoms with Gasteiger partial charge in [-0.3, -0.25) is 86.5 Å². The summed E-state index contributed by atoms with van der Waals surface area (Å²) in [6.07, 6.45) is 7.70. The summed E-state index contributed by atoms with van der Waals surface area (Å²) in [4.78, 5) is 173. The van der Waals surface area contributed by atoms with Gasteiger partial charge in [0.2, 0.25) is 11.8 Å². The van der Waals surface area contributed by atoms with E-state index in [4.69, 9.17) is 168 Å². The molecule has 746 valence electrons. The van der Waals surface area contributed by atoms with Crippen LogP contribution >= 0.6 is 37.0 Å². The number of nitrogens with two attached hydrogens (primary N) is 19. The number of carbonyl (C=O) groups is 17. The van der Waals surface area contributed by atoms with Crippen molar-refractivity contribution >= 4 is 144 Å². The summed E-state index contributed by atoms with van der Waals surface area (Å²) in [5.41, 5.74) is 96.3. The minimum absolute atomic E-state index is 0.0129. The molecule has 53 nitrogen and oxygen atoms in total. The molecule has 0 radical (unpaired) electrons. The van der Waals surface area contributed by atoms with E-state index in [9.17, 15) is 81.5 Å². The van der Waals surface area contributed by atoms with Crippen LogP contribution in [0.25, 0.3) is 0 Å². The van der Waals surface area contributed by atoms with Crippen LogP contribution in [0.3, 0.4) is 0 Å². The number of unbranched alkanes of at least 4 members (excludes halogenated alkanes) is 1. The highest BCUT2D eigenvalue weighted by Crippen LogP contribution is 2.06. The van der Waals surface area contributed by atoms with E-state index in [1.54, 1.807) is 53.3 Å². The van der Waals surface area contributed by atoms with Gasteiger partial charge in [0, 0.05) is 18.1 Å². The fourth-order valence-corrected chi connectivity index (χ4v) is 6.52. The van der Waals surface area contributed by atoms with Crippen molar-refractivity contribution in [3.05, 3.63) is 35.9 Å². The molecule has 127 heavy (non-hydrogen) atoms. The average molecular weight is 1900 g/mol. The first kappa shape index (κ1) is 145. The molecule has 0 aromatic heterocycles. The molecule has 2 amide bonds. The predicted molar refractivity (Wildman–Crippen MR) is 479 cm³/mol. The number of carboxylic acid groups (broad SMARTS) is 15. The Balaban J connectivity index is -0.000000100. The SMILES string of the molecule is CC(C)C[C@H](N)C(=O)O.CC(C)[C@H](N)C(=O)O.CC(C)[C@H](N)C(=O)O.CC(C)[C@H](N)C(=O)O.CSCC[C@H](N)C(=O)O.C[C@H](N)C(=O)O.NC(=O)C[C@H](N)C(=O)O.NC(=O)C[C@H](N)C(=O)O.NC(N)=NCCC[C@H](N)C(=O)O.NCC(=O)O.NCCCC[C@H](N)C(=O)O.N[C@@H](CS)C(=O)O.N[C@@H](CS)C(=O)O.N[C@@H](Cc1ccccc1)C(=O)O.O=C(O)[C@@H]1CCCN1. The van der Waals surface area contributed by atoms with Crippen molar-refractivity contribution in [1.82, 2.24) is 5.32 Å². The molecule has 1 aromatic carbocycles. The summed E-state index contributed by atoms with van der Waals surface area (Å²) in [6.45, 7) is 17.6. The Morgan fingerprint density at radius 1 is 0.417 bits per heavy atom. The number of aliphatic carboxylic acids is 15. The number of thioether (sulfide) groups is 1. The minimum Gasteiger partial charge on any atom is -0.480 e. The lowest BCUT2D eigenvalue weighted by Gasteiger charge is -2.07. The first-order valence-electron chi connectivity index (χ1n) is 37.7. The van der Waals surface area contributed by atoms with Crippen molar-refractivity contribution in [2.75, 3.05) is 49.7 Å². The second-order valence-corrected chi connectivity index (χ2v) is 28.8. The van der Waals surface area contributed by atoms with Crippen LogP contribution in [-0.4, -0.2) is 318 Å². The number of benzene rings is 1. The second kappa shape index (κ2) is 93.5. The molecule has 56 heteroatoms. The van der Waals surface area contributed by atoms with Gasteiger partial charge in [-0.05, 0) is 119 Å². The Morgan fingerprint density at radius 2 is 0.717 bits per heavy atom. The van der Waals surface area contributed by atoms with Crippen LogP contribution in [0.4, 0.5) is 0 Å². The molecule has 0 spiro atoms. The zero-order valence-corrected chi connectivity index (χ0v) is 75.7. The number of aliphatic imine (C=N–C) groups is 1. The number of hydrogen-bond acceptors (Lipinski definition) is 37. The number of rotatable bonds is 39. The molecule has 1 aromatic rings. The van der Waals surface area contributed by atoms with Crippen molar-refractivity contribution in [3.63, 3.8) is 0 Å². The molecule has 1 aliphatic rings. The number of nitrogens with one attached hydrogen (secondary N) is 1. The van der Waals surface area contributed by atoms with Crippen molar-refractivity contribution in [1.29, 1.82) is 0 Å². The van der Waals surface area contributed by atoms with E-state index in [1.165, 1.54) is 6.92 Å². The molecular formula is C71H147N21O32S3. The molecule has 0 bridgehead atoms. The van der Waals surface area contributed by atoms with Gasteiger partial charge in [-0.25, -0.2) is 0 Å². The molecule has 1 aliphatic heterocycles. The molecular weight excluding hydrogens is 1760 g/mol. The third-order valence-corrected chi connectivity index (χ3v) is 15.0. The first-order chi connectivity index (χ1) is 57.9. The number of guanidine groups is 1. The monoisotopic (exact) mass is 1900 g/mol. The summed E-state index contributed by atoms with van der Waals surface area (Å²) in [5, 5.41) is 125. The van der Waals surface area contributed by atoms with E-state index < -0.39 is 180 Å². The van der Waals surface area contributed by atoms with Crippen LogP contribution < -0.4 is 114 Å². The fraction of sp³-hybridized carbons (Fsp3) is 0.662.